The molecule has 0 aromatic carbocycles. The molecule has 3 N–H and O–H groups in total. The lowest BCUT2D eigenvalue weighted by molar-refractivity contribution is -0.143. The van der Waals surface area contributed by atoms with E-state index in [1.54, 1.807) is 6.92 Å². The summed E-state index contributed by atoms with van der Waals surface area (Å²) in [6.07, 6.45) is 0.509. The Bertz CT molecular complexity index is 570. The van der Waals surface area contributed by atoms with Crippen molar-refractivity contribution in [2.45, 2.75) is 46.6 Å². The van der Waals surface area contributed by atoms with E-state index in [4.69, 9.17) is 5.11 Å². The highest BCUT2D eigenvalue weighted by atomic mass is 16.4. The fourth-order valence-electron chi connectivity index (χ4n) is 2.10. The van der Waals surface area contributed by atoms with E-state index in [1.165, 1.54) is 20.8 Å². The molecule has 6 heteroatoms. The summed E-state index contributed by atoms with van der Waals surface area (Å²) < 4.78 is 0. The first-order chi connectivity index (χ1) is 9.11. The lowest BCUT2D eigenvalue weighted by Gasteiger charge is -2.20. The van der Waals surface area contributed by atoms with Gasteiger partial charge in [0, 0.05) is 11.3 Å². The number of amides is 1. The van der Waals surface area contributed by atoms with Crippen molar-refractivity contribution >= 4 is 17.7 Å². The van der Waals surface area contributed by atoms with Gasteiger partial charge >= 0.3 is 5.97 Å². The number of carboxylic acids is 1. The van der Waals surface area contributed by atoms with Gasteiger partial charge in [-0.15, -0.1) is 0 Å². The Labute approximate surface area is 117 Å². The van der Waals surface area contributed by atoms with Crippen molar-refractivity contribution in [2.24, 2.45) is 0 Å². The number of carbonyl (C=O) groups excluding carboxylic acids is 2. The molecule has 0 saturated heterocycles. The molecule has 0 fully saturated rings. The quantitative estimate of drug-likeness (QED) is 0.714. The van der Waals surface area contributed by atoms with Crippen LogP contribution in [-0.4, -0.2) is 33.3 Å². The maximum absolute atomic E-state index is 12.2. The van der Waals surface area contributed by atoms with Gasteiger partial charge in [0.15, 0.2) is 5.78 Å². The zero-order chi connectivity index (χ0) is 15.7. The van der Waals surface area contributed by atoms with E-state index >= 15 is 0 Å². The third-order valence-electron chi connectivity index (χ3n) is 3.18. The predicted octanol–water partition coefficient (Wildman–Crippen LogP) is 1.68. The second-order valence-electron chi connectivity index (χ2n) is 5.27. The highest BCUT2D eigenvalue weighted by Crippen LogP contribution is 2.21. The van der Waals surface area contributed by atoms with Gasteiger partial charge in [0.05, 0.1) is 0 Å². The number of rotatable bonds is 5. The molecule has 0 radical (unpaired) electrons. The summed E-state index contributed by atoms with van der Waals surface area (Å²) in [6, 6.07) is 0. The van der Waals surface area contributed by atoms with E-state index in [0.717, 1.165) is 0 Å². The minimum Gasteiger partial charge on any atom is -0.480 e. The smallest absolute Gasteiger partial charge is 0.328 e. The summed E-state index contributed by atoms with van der Waals surface area (Å²) in [5.41, 5.74) is 0.619. The molecule has 6 nitrogen and oxygen atoms in total. The molecule has 0 aliphatic rings. The monoisotopic (exact) mass is 280 g/mol. The van der Waals surface area contributed by atoms with Crippen molar-refractivity contribution in [3.63, 3.8) is 0 Å². The molecule has 1 rings (SSSR count). The summed E-state index contributed by atoms with van der Waals surface area (Å²) in [6.45, 7) is 7.81. The summed E-state index contributed by atoms with van der Waals surface area (Å²) in [5, 5.41) is 11.5. The lowest BCUT2D eigenvalue weighted by Crippen LogP contribution is -2.49. The number of nitrogens with one attached hydrogen (secondary N) is 2. The van der Waals surface area contributed by atoms with Crippen LogP contribution in [0.1, 0.15) is 59.8 Å². The van der Waals surface area contributed by atoms with E-state index in [0.29, 0.717) is 23.2 Å². The Kier molecular flexibility index (Phi) is 4.37. The summed E-state index contributed by atoms with van der Waals surface area (Å²) in [4.78, 5) is 37.8. The molecule has 0 atom stereocenters. The van der Waals surface area contributed by atoms with E-state index in [1.807, 2.05) is 6.92 Å². The SMILES string of the molecule is CCc1c(C(=O)NC(C)(C)C(=O)O)[nH]c(C)c1C(C)=O. The molecule has 1 amide bonds. The number of hydrogen-bond donors (Lipinski definition) is 3. The number of hydrogen-bond acceptors (Lipinski definition) is 3. The number of carboxylic acid groups (broad SMARTS) is 1. The zero-order valence-electron chi connectivity index (χ0n) is 12.4. The molecule has 0 aliphatic heterocycles. The van der Waals surface area contributed by atoms with Gasteiger partial charge in [0.2, 0.25) is 0 Å². The van der Waals surface area contributed by atoms with E-state index in [9.17, 15) is 14.4 Å². The minimum absolute atomic E-state index is 0.118. The van der Waals surface area contributed by atoms with Gasteiger partial charge in [-0.05, 0) is 39.7 Å². The third kappa shape index (κ3) is 2.89. The molecule has 1 aromatic heterocycles. The van der Waals surface area contributed by atoms with Crippen LogP contribution in [0.4, 0.5) is 0 Å². The first-order valence-corrected chi connectivity index (χ1v) is 6.40. The fourth-order valence-corrected chi connectivity index (χ4v) is 2.10. The number of aliphatic carboxylic acids is 1. The average Bonchev–Trinajstić information content (AvgIpc) is 2.65. The summed E-state index contributed by atoms with van der Waals surface area (Å²) in [7, 11) is 0. The van der Waals surface area contributed by atoms with Crippen LogP contribution in [0.3, 0.4) is 0 Å². The van der Waals surface area contributed by atoms with Gasteiger partial charge in [-0.3, -0.25) is 9.59 Å². The van der Waals surface area contributed by atoms with Crippen LogP contribution in [0.15, 0.2) is 0 Å². The van der Waals surface area contributed by atoms with E-state index in [2.05, 4.69) is 10.3 Å². The lowest BCUT2D eigenvalue weighted by atomic mass is 10.0. The zero-order valence-corrected chi connectivity index (χ0v) is 12.4. The van der Waals surface area contributed by atoms with Crippen LogP contribution in [0, 0.1) is 6.92 Å². The highest BCUT2D eigenvalue weighted by molar-refractivity contribution is 6.03. The Morgan fingerprint density at radius 3 is 2.25 bits per heavy atom. The minimum atomic E-state index is -1.38. The standard InChI is InChI=1S/C14H20N2O4/c1-6-9-10(8(3)17)7(2)15-11(9)12(18)16-14(4,5)13(19)20/h15H,6H2,1-5H3,(H,16,18)(H,19,20). The van der Waals surface area contributed by atoms with Crippen molar-refractivity contribution in [3.05, 3.63) is 22.5 Å². The fraction of sp³-hybridized carbons (Fsp3) is 0.500. The van der Waals surface area contributed by atoms with Crippen LogP contribution in [0.5, 0.6) is 0 Å². The van der Waals surface area contributed by atoms with Crippen LogP contribution in [0.2, 0.25) is 0 Å². The number of aromatic nitrogens is 1. The first kappa shape index (κ1) is 15.9. The number of H-pyrrole nitrogens is 1. The van der Waals surface area contributed by atoms with Crippen LogP contribution < -0.4 is 5.32 Å². The van der Waals surface area contributed by atoms with Crippen molar-refractivity contribution in [2.75, 3.05) is 0 Å². The van der Waals surface area contributed by atoms with Crippen LogP contribution in [-0.2, 0) is 11.2 Å². The summed E-state index contributed by atoms with van der Waals surface area (Å²) >= 11 is 0. The number of aryl methyl sites for hydroxylation is 1. The number of Topliss-reactive ketones (excluding diaryl/α,β-unsaturated/α-hetero) is 1. The normalized spacial score (nSPS) is 11.2. The van der Waals surface area contributed by atoms with Crippen LogP contribution in [0.25, 0.3) is 0 Å². The van der Waals surface area contributed by atoms with Gasteiger partial charge in [-0.2, -0.15) is 0 Å². The molecule has 0 saturated carbocycles. The van der Waals surface area contributed by atoms with Crippen molar-refractivity contribution in [1.29, 1.82) is 0 Å². The van der Waals surface area contributed by atoms with E-state index in [-0.39, 0.29) is 11.5 Å². The Balaban J connectivity index is 3.21. The Morgan fingerprint density at radius 2 is 1.85 bits per heavy atom. The van der Waals surface area contributed by atoms with Crippen molar-refractivity contribution in [3.8, 4) is 0 Å². The van der Waals surface area contributed by atoms with Gasteiger partial charge < -0.3 is 15.4 Å². The summed E-state index contributed by atoms with van der Waals surface area (Å²) in [5.74, 6) is -1.77. The van der Waals surface area contributed by atoms with Crippen molar-refractivity contribution in [1.82, 2.24) is 10.3 Å². The topological polar surface area (TPSA) is 99.3 Å². The number of ketones is 1. The molecule has 20 heavy (non-hydrogen) atoms. The maximum atomic E-state index is 12.2. The molecule has 0 spiro atoms. The van der Waals surface area contributed by atoms with Gasteiger partial charge in [-0.25, -0.2) is 4.79 Å². The number of carbonyl (C=O) groups is 3. The van der Waals surface area contributed by atoms with Gasteiger partial charge in [0.1, 0.15) is 11.2 Å². The molecular formula is C14H20N2O4. The van der Waals surface area contributed by atoms with Crippen molar-refractivity contribution < 1.29 is 19.5 Å². The highest BCUT2D eigenvalue weighted by Gasteiger charge is 2.31. The first-order valence-electron chi connectivity index (χ1n) is 6.40. The molecular weight excluding hydrogens is 260 g/mol. The Hall–Kier alpha value is -2.11. The molecule has 0 unspecified atom stereocenters. The molecule has 1 aromatic rings. The number of aromatic amines is 1. The second-order valence-corrected chi connectivity index (χ2v) is 5.27. The van der Waals surface area contributed by atoms with Gasteiger partial charge in [0.25, 0.3) is 5.91 Å². The van der Waals surface area contributed by atoms with E-state index < -0.39 is 17.4 Å². The molecule has 1 heterocycles. The predicted molar refractivity (Wildman–Crippen MR) is 74.1 cm³/mol. The maximum Gasteiger partial charge on any atom is 0.328 e. The van der Waals surface area contributed by atoms with Gasteiger partial charge in [-0.1, -0.05) is 6.92 Å². The van der Waals surface area contributed by atoms with Crippen LogP contribution >= 0.6 is 0 Å². The second kappa shape index (κ2) is 5.48. The molecule has 110 valence electrons. The molecule has 0 bridgehead atoms. The Morgan fingerprint density at radius 1 is 1.30 bits per heavy atom. The largest absolute Gasteiger partial charge is 0.480 e. The average molecular weight is 280 g/mol. The third-order valence-corrected chi connectivity index (χ3v) is 3.18. The molecule has 0 aliphatic carbocycles.